The van der Waals surface area contributed by atoms with Crippen LogP contribution in [-0.2, 0) is 11.3 Å². The van der Waals surface area contributed by atoms with Crippen LogP contribution in [0, 0.1) is 10.1 Å². The van der Waals surface area contributed by atoms with Gasteiger partial charge >= 0.3 is 0 Å². The average Bonchev–Trinajstić information content (AvgIpc) is 3.25. The highest BCUT2D eigenvalue weighted by Crippen LogP contribution is 2.17. The fourth-order valence-electron chi connectivity index (χ4n) is 2.55. The van der Waals surface area contributed by atoms with E-state index in [9.17, 15) is 19.7 Å². The monoisotopic (exact) mass is 391 g/mol. The van der Waals surface area contributed by atoms with E-state index in [1.54, 1.807) is 42.5 Å². The summed E-state index contributed by atoms with van der Waals surface area (Å²) in [5.74, 6) is -0.220. The Balaban J connectivity index is 1.66. The maximum Gasteiger partial charge on any atom is 0.270 e. The first-order valence-corrected chi connectivity index (χ1v) is 8.66. The van der Waals surface area contributed by atoms with Crippen LogP contribution in [0.3, 0.4) is 0 Å². The zero-order chi connectivity index (χ0) is 20.6. The molecule has 0 aliphatic rings. The van der Waals surface area contributed by atoms with Crippen LogP contribution in [0.15, 0.2) is 77.4 Å². The first-order valence-electron chi connectivity index (χ1n) is 8.66. The Morgan fingerprint density at radius 1 is 1.07 bits per heavy atom. The number of hydrogen-bond acceptors (Lipinski definition) is 5. The van der Waals surface area contributed by atoms with Crippen molar-refractivity contribution in [1.29, 1.82) is 0 Å². The van der Waals surface area contributed by atoms with Crippen molar-refractivity contribution in [3.63, 3.8) is 0 Å². The van der Waals surface area contributed by atoms with Crippen molar-refractivity contribution in [2.75, 3.05) is 5.32 Å². The Morgan fingerprint density at radius 2 is 1.90 bits per heavy atom. The van der Waals surface area contributed by atoms with Gasteiger partial charge in [-0.25, -0.2) is 0 Å². The van der Waals surface area contributed by atoms with Gasteiger partial charge in [-0.05, 0) is 35.9 Å². The second-order valence-electron chi connectivity index (χ2n) is 5.98. The predicted octanol–water partition coefficient (Wildman–Crippen LogP) is 3.77. The molecule has 3 rings (SSSR count). The number of nitrogens with one attached hydrogen (secondary N) is 2. The molecule has 8 heteroatoms. The van der Waals surface area contributed by atoms with Crippen molar-refractivity contribution in [3.05, 3.63) is 100 Å². The number of non-ortho nitro benzene ring substituents is 1. The number of nitro benzene ring substituents is 1. The first-order chi connectivity index (χ1) is 14.0. The van der Waals surface area contributed by atoms with Gasteiger partial charge in [0.2, 0.25) is 5.91 Å². The Labute approximate surface area is 166 Å². The number of nitro groups is 1. The number of furan rings is 1. The van der Waals surface area contributed by atoms with Gasteiger partial charge in [0.05, 0.1) is 29.0 Å². The van der Waals surface area contributed by atoms with Gasteiger partial charge in [0.1, 0.15) is 5.76 Å². The lowest BCUT2D eigenvalue weighted by Crippen LogP contribution is -2.24. The van der Waals surface area contributed by atoms with Gasteiger partial charge < -0.3 is 15.1 Å². The quantitative estimate of drug-likeness (QED) is 0.361. The molecule has 0 atom stereocenters. The smallest absolute Gasteiger partial charge is 0.270 e. The fraction of sp³-hybridized carbons (Fsp3) is 0.0476. The van der Waals surface area contributed by atoms with Gasteiger partial charge in [0.15, 0.2) is 0 Å². The molecule has 29 heavy (non-hydrogen) atoms. The van der Waals surface area contributed by atoms with Crippen LogP contribution in [0.4, 0.5) is 11.4 Å². The van der Waals surface area contributed by atoms with Crippen molar-refractivity contribution >= 4 is 29.3 Å². The van der Waals surface area contributed by atoms with E-state index in [-0.39, 0.29) is 18.1 Å². The van der Waals surface area contributed by atoms with E-state index >= 15 is 0 Å². The topological polar surface area (TPSA) is 114 Å². The van der Waals surface area contributed by atoms with Crippen LogP contribution in [0.25, 0.3) is 6.08 Å². The molecular weight excluding hydrogens is 374 g/mol. The number of nitrogens with zero attached hydrogens (tertiary/aromatic N) is 1. The van der Waals surface area contributed by atoms with Gasteiger partial charge in [0, 0.05) is 18.2 Å². The number of benzene rings is 2. The second-order valence-corrected chi connectivity index (χ2v) is 5.98. The Hall–Kier alpha value is -4.20. The fourth-order valence-corrected chi connectivity index (χ4v) is 2.55. The highest BCUT2D eigenvalue weighted by molar-refractivity contribution is 6.07. The van der Waals surface area contributed by atoms with Gasteiger partial charge in [-0.1, -0.05) is 24.3 Å². The Kier molecular flexibility index (Phi) is 6.16. The summed E-state index contributed by atoms with van der Waals surface area (Å²) in [5, 5.41) is 16.2. The lowest BCUT2D eigenvalue weighted by molar-refractivity contribution is -0.384. The van der Waals surface area contributed by atoms with Crippen molar-refractivity contribution in [1.82, 2.24) is 5.32 Å². The molecule has 146 valence electrons. The van der Waals surface area contributed by atoms with E-state index in [1.807, 2.05) is 0 Å². The molecule has 8 nitrogen and oxygen atoms in total. The van der Waals surface area contributed by atoms with E-state index < -0.39 is 10.8 Å². The van der Waals surface area contributed by atoms with Crippen molar-refractivity contribution in [2.24, 2.45) is 0 Å². The van der Waals surface area contributed by atoms with Gasteiger partial charge in [-0.3, -0.25) is 19.7 Å². The van der Waals surface area contributed by atoms with Crippen molar-refractivity contribution < 1.29 is 18.9 Å². The van der Waals surface area contributed by atoms with Gasteiger partial charge in [-0.15, -0.1) is 0 Å². The van der Waals surface area contributed by atoms with Gasteiger partial charge in [-0.2, -0.15) is 0 Å². The highest BCUT2D eigenvalue weighted by atomic mass is 16.6. The van der Waals surface area contributed by atoms with Crippen LogP contribution in [0.2, 0.25) is 0 Å². The molecule has 2 amide bonds. The molecule has 0 radical (unpaired) electrons. The number of para-hydroxylation sites is 1. The number of carbonyl (C=O) groups is 2. The minimum Gasteiger partial charge on any atom is -0.467 e. The van der Waals surface area contributed by atoms with Crippen molar-refractivity contribution in [3.8, 4) is 0 Å². The normalized spacial score (nSPS) is 10.6. The lowest BCUT2D eigenvalue weighted by atomic mass is 10.1. The Bertz CT molecular complexity index is 1060. The van der Waals surface area contributed by atoms with E-state index in [0.29, 0.717) is 22.6 Å². The zero-order valence-corrected chi connectivity index (χ0v) is 15.2. The maximum absolute atomic E-state index is 12.4. The summed E-state index contributed by atoms with van der Waals surface area (Å²) in [5.41, 5.74) is 1.10. The van der Waals surface area contributed by atoms with Crippen LogP contribution in [-0.4, -0.2) is 16.7 Å². The van der Waals surface area contributed by atoms with Crippen molar-refractivity contribution in [2.45, 2.75) is 6.54 Å². The molecular formula is C21H17N3O5. The third kappa shape index (κ3) is 5.39. The second kappa shape index (κ2) is 9.14. The highest BCUT2D eigenvalue weighted by Gasteiger charge is 2.12. The molecule has 0 aliphatic carbocycles. The number of carbonyl (C=O) groups excluding carboxylic acids is 2. The summed E-state index contributed by atoms with van der Waals surface area (Å²) in [7, 11) is 0. The first kappa shape index (κ1) is 19.6. The Morgan fingerprint density at radius 3 is 2.66 bits per heavy atom. The SMILES string of the molecule is O=C(C=Cc1cccc([N+](=O)[O-])c1)Nc1ccccc1C(=O)NCc1ccco1. The molecule has 0 fully saturated rings. The van der Waals surface area contributed by atoms with Crippen LogP contribution in [0.5, 0.6) is 0 Å². The maximum atomic E-state index is 12.4. The number of anilines is 1. The summed E-state index contributed by atoms with van der Waals surface area (Å²) < 4.78 is 5.18. The molecule has 0 spiro atoms. The van der Waals surface area contributed by atoms with Gasteiger partial charge in [0.25, 0.3) is 11.6 Å². The number of amides is 2. The van der Waals surface area contributed by atoms with Crippen LogP contribution >= 0.6 is 0 Å². The molecule has 1 aromatic heterocycles. The number of hydrogen-bond donors (Lipinski definition) is 2. The van der Waals surface area contributed by atoms with E-state index in [4.69, 9.17) is 4.42 Å². The predicted molar refractivity (Wildman–Crippen MR) is 107 cm³/mol. The largest absolute Gasteiger partial charge is 0.467 e. The standard InChI is InChI=1S/C21H17N3O5/c25-20(11-10-15-5-3-6-16(13-15)24(27)28)23-19-9-2-1-8-18(19)21(26)22-14-17-7-4-12-29-17/h1-13H,14H2,(H,22,26)(H,23,25). The minimum atomic E-state index is -0.505. The molecule has 0 bridgehead atoms. The third-order valence-corrected chi connectivity index (χ3v) is 3.94. The summed E-state index contributed by atoms with van der Waals surface area (Å²) in [6, 6.07) is 16.0. The van der Waals surface area contributed by atoms with E-state index in [0.717, 1.165) is 0 Å². The summed E-state index contributed by atoms with van der Waals surface area (Å²) in [6.07, 6.45) is 4.22. The molecule has 0 unspecified atom stereocenters. The third-order valence-electron chi connectivity index (χ3n) is 3.94. The summed E-state index contributed by atoms with van der Waals surface area (Å²) in [4.78, 5) is 35.0. The minimum absolute atomic E-state index is 0.0638. The van der Waals surface area contributed by atoms with E-state index in [2.05, 4.69) is 10.6 Å². The summed E-state index contributed by atoms with van der Waals surface area (Å²) in [6.45, 7) is 0.223. The molecule has 1 heterocycles. The lowest BCUT2D eigenvalue weighted by Gasteiger charge is -2.10. The molecule has 0 saturated heterocycles. The molecule has 0 aliphatic heterocycles. The molecule has 2 aromatic carbocycles. The number of rotatable bonds is 7. The van der Waals surface area contributed by atoms with E-state index in [1.165, 1.54) is 36.6 Å². The average molecular weight is 391 g/mol. The zero-order valence-electron chi connectivity index (χ0n) is 15.2. The molecule has 0 saturated carbocycles. The van der Waals surface area contributed by atoms with Crippen LogP contribution < -0.4 is 10.6 Å². The molecule has 3 aromatic rings. The molecule has 2 N–H and O–H groups in total. The summed E-state index contributed by atoms with van der Waals surface area (Å²) >= 11 is 0. The van der Waals surface area contributed by atoms with Crippen LogP contribution in [0.1, 0.15) is 21.7 Å².